The predicted molar refractivity (Wildman–Crippen MR) is 625 cm³/mol. The molecule has 0 atom stereocenters. The molecule has 21 aromatic carbocycles. The first-order chi connectivity index (χ1) is 73.4. The van der Waals surface area contributed by atoms with Crippen molar-refractivity contribution >= 4 is 32.7 Å². The van der Waals surface area contributed by atoms with Gasteiger partial charge in [0.25, 0.3) is 0 Å². The number of fused-ring (bicyclic) bond motifs is 15. The number of para-hydroxylation sites is 3. The van der Waals surface area contributed by atoms with E-state index >= 15 is 0 Å². The monoisotopic (exact) mass is 1920 g/mol. The maximum Gasteiger partial charge on any atom is 0.161 e. The van der Waals surface area contributed by atoms with Crippen LogP contribution in [0.15, 0.2) is 497 Å². The lowest BCUT2D eigenvalue weighted by atomic mass is 9.81. The van der Waals surface area contributed by atoms with Gasteiger partial charge >= 0.3 is 0 Å². The number of hydrogen-bond acceptors (Lipinski definition) is 6. The Hall–Kier alpha value is -18.4. The van der Waals surface area contributed by atoms with Crippen molar-refractivity contribution in [3.63, 3.8) is 0 Å². The summed E-state index contributed by atoms with van der Waals surface area (Å²) in [6, 6.07) is 179. The molecule has 0 unspecified atom stereocenters. The highest BCUT2D eigenvalue weighted by atomic mass is 14.9. The molecule has 4 aliphatic rings. The highest BCUT2D eigenvalue weighted by Crippen LogP contribution is 2.58. The second-order valence-electron chi connectivity index (χ2n) is 42.3. The van der Waals surface area contributed by atoms with Crippen LogP contribution in [-0.4, -0.2) is 29.9 Å². The third kappa shape index (κ3) is 16.0. The summed E-state index contributed by atoms with van der Waals surface area (Å²) in [7, 11) is 0. The summed E-state index contributed by atoms with van der Waals surface area (Å²) in [5.74, 6) is 2.24. The first-order valence-corrected chi connectivity index (χ1v) is 52.1. The van der Waals surface area contributed by atoms with Crippen LogP contribution in [0, 0.1) is 0 Å². The number of nitrogens with zero attached hydrogens (tertiary/aromatic N) is 6. The Morgan fingerprint density at radius 2 is 0.327 bits per heavy atom. The summed E-state index contributed by atoms with van der Waals surface area (Å²) < 4.78 is 0. The van der Waals surface area contributed by atoms with Crippen molar-refractivity contribution in [3.8, 4) is 201 Å². The van der Waals surface area contributed by atoms with Crippen LogP contribution in [0.2, 0.25) is 0 Å². The van der Waals surface area contributed by atoms with Crippen LogP contribution >= 0.6 is 0 Å². The molecule has 0 fully saturated rings. The number of benzene rings is 21. The Morgan fingerprint density at radius 3 is 0.647 bits per heavy atom. The lowest BCUT2D eigenvalue weighted by Crippen LogP contribution is -2.14. The van der Waals surface area contributed by atoms with E-state index in [0.29, 0.717) is 0 Å². The molecule has 6 heteroatoms. The molecule has 0 saturated carbocycles. The quantitative estimate of drug-likeness (QED) is 0.108. The fourth-order valence-corrected chi connectivity index (χ4v) is 24.2. The molecule has 0 saturated heterocycles. The summed E-state index contributed by atoms with van der Waals surface area (Å²) in [5.41, 5.74) is 51.3. The first-order valence-electron chi connectivity index (χ1n) is 52.1. The SMILES string of the molecule is CC1(C)c2ccccc2-c2c(-c3nc(-c4cc(-c5cccc(-c6ccccc6)c5)cc(-c5cccc(-c6ccccc6)c5)c4)c4ccccc4n3)cccc21.CC1(C)c2ccccc2-c2c(-c3nc(-c4cc(-c5ccccc5)cc(-c5ccccc5)c4)c4ccccc4n3)cccc21.CC1(C)c2ccccc2-c2ccc(-c3cc(-c4ccccc4)cc(-c4nc(-c5cccc6c5-c5ccccc5C6(C)C)nc5ccccc45)c3)cc21. The van der Waals surface area contributed by atoms with Crippen LogP contribution in [0.5, 0.6) is 0 Å². The smallest absolute Gasteiger partial charge is 0.161 e. The highest BCUT2D eigenvalue weighted by Gasteiger charge is 2.42. The normalized spacial score (nSPS) is 13.4. The molecule has 0 spiro atoms. The lowest BCUT2D eigenvalue weighted by molar-refractivity contribution is 0.660. The second kappa shape index (κ2) is 37.0. The lowest BCUT2D eigenvalue weighted by Gasteiger charge is -2.22. The van der Waals surface area contributed by atoms with Gasteiger partial charge in [-0.1, -0.05) is 462 Å². The molecular formula is C144H106N6. The summed E-state index contributed by atoms with van der Waals surface area (Å²) in [6.45, 7) is 18.6. The Bertz CT molecular complexity index is 9330. The summed E-state index contributed by atoms with van der Waals surface area (Å²) in [4.78, 5) is 32.1. The maximum absolute atomic E-state index is 5.53. The minimum atomic E-state index is -0.118. The van der Waals surface area contributed by atoms with Crippen molar-refractivity contribution in [2.45, 2.75) is 77.0 Å². The Kier molecular flexibility index (Phi) is 22.6. The van der Waals surface area contributed by atoms with Gasteiger partial charge in [-0.15, -0.1) is 0 Å². The van der Waals surface area contributed by atoms with E-state index in [-0.39, 0.29) is 21.7 Å². The van der Waals surface area contributed by atoms with E-state index in [1.165, 1.54) is 139 Å². The second-order valence-corrected chi connectivity index (χ2v) is 42.3. The third-order valence-electron chi connectivity index (χ3n) is 31.8. The molecule has 4 aliphatic carbocycles. The summed E-state index contributed by atoms with van der Waals surface area (Å²) in [6.07, 6.45) is 0. The van der Waals surface area contributed by atoms with Gasteiger partial charge in [0, 0.05) is 71.2 Å². The van der Waals surface area contributed by atoms with E-state index in [9.17, 15) is 0 Å². The molecule has 0 N–H and O–H groups in total. The van der Waals surface area contributed by atoms with Crippen molar-refractivity contribution in [2.75, 3.05) is 0 Å². The van der Waals surface area contributed by atoms with Crippen molar-refractivity contribution in [1.29, 1.82) is 0 Å². The van der Waals surface area contributed by atoms with E-state index in [4.69, 9.17) is 29.9 Å². The third-order valence-corrected chi connectivity index (χ3v) is 31.8. The molecule has 150 heavy (non-hydrogen) atoms. The molecule has 0 radical (unpaired) electrons. The number of hydrogen-bond donors (Lipinski definition) is 0. The average Bonchev–Trinajstić information content (AvgIpc) is 1.57. The molecule has 6 nitrogen and oxygen atoms in total. The van der Waals surface area contributed by atoms with Crippen LogP contribution in [0.1, 0.15) is 99.9 Å². The Morgan fingerprint density at radius 1 is 0.127 bits per heavy atom. The van der Waals surface area contributed by atoms with Gasteiger partial charge in [-0.05, 0) is 269 Å². The highest BCUT2D eigenvalue weighted by molar-refractivity contribution is 6.04. The molecule has 0 amide bonds. The van der Waals surface area contributed by atoms with Gasteiger partial charge in [0.05, 0.1) is 33.6 Å². The van der Waals surface area contributed by atoms with E-state index in [1.807, 2.05) is 0 Å². The zero-order chi connectivity index (χ0) is 101. The van der Waals surface area contributed by atoms with Gasteiger partial charge in [0.1, 0.15) is 0 Å². The molecular weight excluding hydrogens is 1810 g/mol. The first kappa shape index (κ1) is 91.6. The summed E-state index contributed by atoms with van der Waals surface area (Å²) in [5, 5.41) is 3.11. The van der Waals surface area contributed by atoms with Gasteiger partial charge in [-0.25, -0.2) is 29.9 Å². The predicted octanol–water partition coefficient (Wildman–Crippen LogP) is 37.5. The molecule has 0 bridgehead atoms. The minimum absolute atomic E-state index is 0.0807. The topological polar surface area (TPSA) is 77.3 Å². The van der Waals surface area contributed by atoms with Crippen LogP contribution in [-0.2, 0) is 21.7 Å². The number of rotatable bonds is 14. The van der Waals surface area contributed by atoms with E-state index in [0.717, 1.165) is 140 Å². The fourth-order valence-electron chi connectivity index (χ4n) is 24.2. The minimum Gasteiger partial charge on any atom is -0.228 e. The van der Waals surface area contributed by atoms with Gasteiger partial charge in [0.2, 0.25) is 0 Å². The fraction of sp³-hybridized carbons (Fsp3) is 0.0833. The van der Waals surface area contributed by atoms with Crippen molar-refractivity contribution < 1.29 is 0 Å². The van der Waals surface area contributed by atoms with E-state index in [2.05, 4.69) is 553 Å². The maximum atomic E-state index is 5.53. The van der Waals surface area contributed by atoms with E-state index in [1.54, 1.807) is 0 Å². The van der Waals surface area contributed by atoms with Crippen molar-refractivity contribution in [3.05, 3.63) is 542 Å². The zero-order valence-corrected chi connectivity index (χ0v) is 85.0. The summed E-state index contributed by atoms with van der Waals surface area (Å²) >= 11 is 0. The molecule has 24 aromatic rings. The van der Waals surface area contributed by atoms with Gasteiger partial charge in [0.15, 0.2) is 17.5 Å². The van der Waals surface area contributed by atoms with Crippen molar-refractivity contribution in [1.82, 2.24) is 29.9 Å². The van der Waals surface area contributed by atoms with Gasteiger partial charge < -0.3 is 0 Å². The van der Waals surface area contributed by atoms with E-state index < -0.39 is 0 Å². The molecule has 0 aliphatic heterocycles. The largest absolute Gasteiger partial charge is 0.228 e. The van der Waals surface area contributed by atoms with Crippen LogP contribution in [0.25, 0.3) is 234 Å². The average molecular weight is 1920 g/mol. The Labute approximate surface area is 876 Å². The van der Waals surface area contributed by atoms with Crippen LogP contribution < -0.4 is 0 Å². The molecule has 712 valence electrons. The number of aromatic nitrogens is 6. The van der Waals surface area contributed by atoms with Crippen molar-refractivity contribution in [2.24, 2.45) is 0 Å². The molecule has 28 rings (SSSR count). The van der Waals surface area contributed by atoms with Gasteiger partial charge in [-0.2, -0.15) is 0 Å². The molecule has 3 aromatic heterocycles. The van der Waals surface area contributed by atoms with Gasteiger partial charge in [-0.3, -0.25) is 0 Å². The zero-order valence-electron chi connectivity index (χ0n) is 85.0. The van der Waals surface area contributed by atoms with Crippen LogP contribution in [0.3, 0.4) is 0 Å². The molecule has 3 heterocycles. The standard InChI is InChI=1S/C53H38N2.C50H38N2.C41H30N2/c1-53(2)47-27-11-9-24-44(47)50-46(26-15-28-48(50)53)52-54-49-29-12-10-25-45(49)51(55-52)43-33-41(39-22-13-20-37(30-39)35-16-5-3-6-17-35)32-42(34-43)40-23-14-21-38(31-40)36-18-7-4-8-19-36;1-49(2)42-22-12-9-18-38(42)46-40(20-14-23-43(46)49)48-51-45-24-13-10-19-39(45)47(52-48)35-28-33(31-15-6-5-7-16-31)27-34(29-35)32-25-26-37-36-17-8-11-21-41(36)50(3,4)44(37)30-32;1-41(2)35-21-11-9-18-32(35)38-34(20-13-22-36(38)41)40-42-37-23-12-10-19-33(37)39(43-40)31-25-29(27-14-5-3-6-15-27)24-30(26-31)28-16-7-4-8-17-28/h3-34H,1-2H3;5-30H,1-4H3;3-26H,1-2H3. The Balaban J connectivity index is 0.000000114. The van der Waals surface area contributed by atoms with Crippen LogP contribution in [0.4, 0.5) is 0 Å².